The van der Waals surface area contributed by atoms with Crippen LogP contribution in [0.3, 0.4) is 0 Å². The van der Waals surface area contributed by atoms with Crippen molar-refractivity contribution >= 4 is 27.5 Å². The second-order valence-corrected chi connectivity index (χ2v) is 8.20. The molecule has 1 fully saturated rings. The normalized spacial score (nSPS) is 16.8. The second-order valence-electron chi connectivity index (χ2n) is 7.14. The van der Waals surface area contributed by atoms with Gasteiger partial charge in [-0.3, -0.25) is 4.79 Å². The standard InChI is InChI=1S/C23H26N2O3S/c1-3-27-19-12-11-16(14-20(19)28-4-2)23(26)25-13-7-8-17(15-25)22-24-18-9-5-6-10-21(18)29-22/h5-6,9-12,14,17H,3-4,7-8,13,15H2,1-2H3/t17-/m0/s1. The van der Waals surface area contributed by atoms with E-state index in [1.165, 1.54) is 4.70 Å². The third-order valence-electron chi connectivity index (χ3n) is 5.16. The zero-order valence-corrected chi connectivity index (χ0v) is 17.7. The van der Waals surface area contributed by atoms with Gasteiger partial charge in [0.1, 0.15) is 0 Å². The number of ether oxygens (including phenoxy) is 2. The molecule has 1 saturated heterocycles. The van der Waals surface area contributed by atoms with Gasteiger partial charge in [-0.15, -0.1) is 11.3 Å². The fraction of sp³-hybridized carbons (Fsp3) is 0.391. The summed E-state index contributed by atoms with van der Waals surface area (Å²) < 4.78 is 12.5. The Kier molecular flexibility index (Phi) is 6.00. The molecule has 4 rings (SSSR count). The number of hydrogen-bond donors (Lipinski definition) is 0. The highest BCUT2D eigenvalue weighted by Gasteiger charge is 2.28. The molecule has 6 heteroatoms. The predicted molar refractivity (Wildman–Crippen MR) is 116 cm³/mol. The van der Waals surface area contributed by atoms with E-state index in [2.05, 4.69) is 12.1 Å². The molecule has 0 unspecified atom stereocenters. The molecule has 1 aromatic heterocycles. The number of amides is 1. The van der Waals surface area contributed by atoms with Gasteiger partial charge in [0.25, 0.3) is 5.91 Å². The van der Waals surface area contributed by atoms with Crippen molar-refractivity contribution in [3.8, 4) is 11.5 Å². The summed E-state index contributed by atoms with van der Waals surface area (Å²) >= 11 is 1.74. The molecule has 2 heterocycles. The third kappa shape index (κ3) is 4.22. The number of carbonyl (C=O) groups excluding carboxylic acids is 1. The van der Waals surface area contributed by atoms with Crippen LogP contribution in [0.2, 0.25) is 0 Å². The number of benzene rings is 2. The molecule has 0 bridgehead atoms. The lowest BCUT2D eigenvalue weighted by Crippen LogP contribution is -2.39. The first kappa shape index (κ1) is 19.7. The Hall–Kier alpha value is -2.60. The number of likely N-dealkylation sites (tertiary alicyclic amines) is 1. The quantitative estimate of drug-likeness (QED) is 0.566. The van der Waals surface area contributed by atoms with Crippen LogP contribution in [0.25, 0.3) is 10.2 Å². The van der Waals surface area contributed by atoms with Gasteiger partial charge in [0.15, 0.2) is 11.5 Å². The van der Waals surface area contributed by atoms with Crippen LogP contribution in [0.4, 0.5) is 0 Å². The van der Waals surface area contributed by atoms with Crippen LogP contribution in [-0.4, -0.2) is 42.1 Å². The Morgan fingerprint density at radius 3 is 2.72 bits per heavy atom. The first-order chi connectivity index (χ1) is 14.2. The highest BCUT2D eigenvalue weighted by atomic mass is 32.1. The predicted octanol–water partition coefficient (Wildman–Crippen LogP) is 5.11. The van der Waals surface area contributed by atoms with Crippen LogP contribution < -0.4 is 9.47 Å². The Labute approximate surface area is 175 Å². The molecule has 1 aliphatic rings. The SMILES string of the molecule is CCOc1ccc(C(=O)N2CCC[C@H](c3nc4ccccc4s3)C2)cc1OCC. The number of nitrogens with zero attached hydrogens (tertiary/aromatic N) is 2. The first-order valence-electron chi connectivity index (χ1n) is 10.2. The van der Waals surface area contributed by atoms with E-state index in [-0.39, 0.29) is 5.91 Å². The van der Waals surface area contributed by atoms with E-state index in [0.717, 1.165) is 29.9 Å². The summed E-state index contributed by atoms with van der Waals surface area (Å²) in [7, 11) is 0. The Bertz CT molecular complexity index is 968. The summed E-state index contributed by atoms with van der Waals surface area (Å²) in [6.07, 6.45) is 2.05. The molecule has 3 aromatic rings. The molecule has 0 radical (unpaired) electrons. The maximum Gasteiger partial charge on any atom is 0.254 e. The lowest BCUT2D eigenvalue weighted by atomic mass is 9.98. The lowest BCUT2D eigenvalue weighted by Gasteiger charge is -2.32. The summed E-state index contributed by atoms with van der Waals surface area (Å²) in [6.45, 7) is 6.43. The van der Waals surface area contributed by atoms with E-state index in [0.29, 0.717) is 42.7 Å². The van der Waals surface area contributed by atoms with Gasteiger partial charge in [-0.25, -0.2) is 4.98 Å². The van der Waals surface area contributed by atoms with Crippen molar-refractivity contribution in [2.24, 2.45) is 0 Å². The molecule has 5 nitrogen and oxygen atoms in total. The van der Waals surface area contributed by atoms with Gasteiger partial charge in [-0.2, -0.15) is 0 Å². The summed E-state index contributed by atoms with van der Waals surface area (Å²) in [5.74, 6) is 1.64. The maximum absolute atomic E-state index is 13.2. The summed E-state index contributed by atoms with van der Waals surface area (Å²) in [5, 5.41) is 1.13. The lowest BCUT2D eigenvalue weighted by molar-refractivity contribution is 0.0706. The zero-order chi connectivity index (χ0) is 20.2. The van der Waals surface area contributed by atoms with Crippen molar-refractivity contribution in [3.63, 3.8) is 0 Å². The van der Waals surface area contributed by atoms with Gasteiger partial charge in [0.2, 0.25) is 0 Å². The first-order valence-corrected chi connectivity index (χ1v) is 11.1. The van der Waals surface area contributed by atoms with Gasteiger partial charge in [-0.05, 0) is 57.0 Å². The van der Waals surface area contributed by atoms with E-state index >= 15 is 0 Å². The Morgan fingerprint density at radius 2 is 1.93 bits per heavy atom. The molecule has 1 aliphatic heterocycles. The van der Waals surface area contributed by atoms with E-state index in [1.54, 1.807) is 17.4 Å². The molecule has 152 valence electrons. The van der Waals surface area contributed by atoms with E-state index in [9.17, 15) is 4.79 Å². The van der Waals surface area contributed by atoms with E-state index in [4.69, 9.17) is 14.5 Å². The minimum Gasteiger partial charge on any atom is -0.490 e. The summed E-state index contributed by atoms with van der Waals surface area (Å²) in [5.41, 5.74) is 1.69. The summed E-state index contributed by atoms with van der Waals surface area (Å²) in [6, 6.07) is 13.7. The maximum atomic E-state index is 13.2. The van der Waals surface area contributed by atoms with Gasteiger partial charge < -0.3 is 14.4 Å². The fourth-order valence-electron chi connectivity index (χ4n) is 3.79. The van der Waals surface area contributed by atoms with Gasteiger partial charge in [0.05, 0.1) is 28.4 Å². The number of aromatic nitrogens is 1. The monoisotopic (exact) mass is 410 g/mol. The molecule has 0 aliphatic carbocycles. The summed E-state index contributed by atoms with van der Waals surface area (Å²) in [4.78, 5) is 20.0. The molecule has 1 atom stereocenters. The Balaban J connectivity index is 1.53. The number of rotatable bonds is 6. The topological polar surface area (TPSA) is 51.7 Å². The number of thiazole rings is 1. The van der Waals surface area contributed by atoms with Crippen LogP contribution >= 0.6 is 11.3 Å². The average Bonchev–Trinajstić information content (AvgIpc) is 3.19. The van der Waals surface area contributed by atoms with Gasteiger partial charge >= 0.3 is 0 Å². The smallest absolute Gasteiger partial charge is 0.254 e. The molecule has 29 heavy (non-hydrogen) atoms. The van der Waals surface area contributed by atoms with Crippen LogP contribution in [-0.2, 0) is 0 Å². The van der Waals surface area contributed by atoms with E-state index < -0.39 is 0 Å². The number of hydrogen-bond acceptors (Lipinski definition) is 5. The van der Waals surface area contributed by atoms with Crippen molar-refractivity contribution in [1.29, 1.82) is 0 Å². The van der Waals surface area contributed by atoms with Crippen LogP contribution in [0.15, 0.2) is 42.5 Å². The van der Waals surface area contributed by atoms with Crippen molar-refractivity contribution in [2.45, 2.75) is 32.6 Å². The van der Waals surface area contributed by atoms with Crippen molar-refractivity contribution in [3.05, 3.63) is 53.0 Å². The Morgan fingerprint density at radius 1 is 1.14 bits per heavy atom. The average molecular weight is 411 g/mol. The number of para-hydroxylation sites is 1. The molecule has 2 aromatic carbocycles. The molecule has 0 spiro atoms. The highest BCUT2D eigenvalue weighted by molar-refractivity contribution is 7.18. The van der Waals surface area contributed by atoms with E-state index in [1.807, 2.05) is 43.0 Å². The van der Waals surface area contributed by atoms with Crippen molar-refractivity contribution in [2.75, 3.05) is 26.3 Å². The molecule has 0 N–H and O–H groups in total. The molecular weight excluding hydrogens is 384 g/mol. The van der Waals surface area contributed by atoms with Gasteiger partial charge in [0, 0.05) is 24.6 Å². The van der Waals surface area contributed by atoms with Crippen LogP contribution in [0, 0.1) is 0 Å². The molecular formula is C23H26N2O3S. The molecule has 0 saturated carbocycles. The molecule has 1 amide bonds. The minimum atomic E-state index is 0.0415. The van der Waals surface area contributed by atoms with Crippen LogP contribution in [0.5, 0.6) is 11.5 Å². The fourth-order valence-corrected chi connectivity index (χ4v) is 4.89. The second kappa shape index (κ2) is 8.82. The highest BCUT2D eigenvalue weighted by Crippen LogP contribution is 2.34. The number of fused-ring (bicyclic) bond motifs is 1. The minimum absolute atomic E-state index is 0.0415. The van der Waals surface area contributed by atoms with Crippen molar-refractivity contribution in [1.82, 2.24) is 9.88 Å². The third-order valence-corrected chi connectivity index (χ3v) is 6.36. The number of carbonyl (C=O) groups is 1. The van der Waals surface area contributed by atoms with Crippen molar-refractivity contribution < 1.29 is 14.3 Å². The largest absolute Gasteiger partial charge is 0.490 e. The zero-order valence-electron chi connectivity index (χ0n) is 16.9. The van der Waals surface area contributed by atoms with Gasteiger partial charge in [-0.1, -0.05) is 12.1 Å². The van der Waals surface area contributed by atoms with Crippen LogP contribution in [0.1, 0.15) is 48.0 Å². The number of piperidine rings is 1.